The Morgan fingerprint density at radius 3 is 2.68 bits per heavy atom. The first-order valence-electron chi connectivity index (χ1n) is 11.1. The van der Waals surface area contributed by atoms with Crippen LogP contribution in [0, 0.1) is 11.7 Å². The fourth-order valence-electron chi connectivity index (χ4n) is 4.42. The molecular formula is C23H22F5N5O3S. The molecule has 1 aliphatic carbocycles. The van der Waals surface area contributed by atoms with Gasteiger partial charge in [0.25, 0.3) is 0 Å². The molecule has 1 saturated carbocycles. The van der Waals surface area contributed by atoms with Crippen LogP contribution in [0.15, 0.2) is 35.6 Å². The van der Waals surface area contributed by atoms with E-state index >= 15 is 4.39 Å². The predicted octanol–water partition coefficient (Wildman–Crippen LogP) is 3.10. The number of halogens is 5. The summed E-state index contributed by atoms with van der Waals surface area (Å²) in [7, 11) is 0. The molecule has 1 aromatic heterocycles. The number of hydrogen-bond acceptors (Lipinski definition) is 8. The number of carbonyl (C=O) groups is 2. The standard InChI is InChI=1S/C23H22F5N5O3S/c1-21(17-8-22(17,37-20(29)33-21)19(35)30-5-4-24)13-6-12(2-3-14(13)25)7-16(34)15-9-32-18(10-31-15)36-11-23(26,27)28/h2-3,6,9-10,17H,4-5,7-8,11H2,1H3,(H2,29,33)(H,30,35)/t17-,21+,22-/m0/s1. The lowest BCUT2D eigenvalue weighted by Gasteiger charge is -2.34. The summed E-state index contributed by atoms with van der Waals surface area (Å²) < 4.78 is 67.9. The molecule has 4 rings (SSSR count). The van der Waals surface area contributed by atoms with Crippen molar-refractivity contribution in [3.63, 3.8) is 0 Å². The van der Waals surface area contributed by atoms with Crippen LogP contribution in [0.25, 0.3) is 0 Å². The number of amides is 1. The Morgan fingerprint density at radius 2 is 2.03 bits per heavy atom. The molecule has 0 spiro atoms. The van der Waals surface area contributed by atoms with Gasteiger partial charge in [-0.15, -0.1) is 0 Å². The zero-order valence-electron chi connectivity index (χ0n) is 19.4. The largest absolute Gasteiger partial charge is 0.467 e. The minimum Gasteiger partial charge on any atom is -0.467 e. The van der Waals surface area contributed by atoms with Gasteiger partial charge in [0, 0.05) is 24.4 Å². The molecule has 1 aliphatic heterocycles. The van der Waals surface area contributed by atoms with Gasteiger partial charge >= 0.3 is 6.18 Å². The van der Waals surface area contributed by atoms with Gasteiger partial charge in [0.15, 0.2) is 17.6 Å². The van der Waals surface area contributed by atoms with Crippen molar-refractivity contribution < 1.29 is 36.3 Å². The molecule has 198 valence electrons. The number of Topliss-reactive ketones (excluding diaryl/α,β-unsaturated/α-hetero) is 1. The number of nitrogens with one attached hydrogen (secondary N) is 1. The van der Waals surface area contributed by atoms with Gasteiger partial charge in [-0.2, -0.15) is 13.2 Å². The maximum absolute atomic E-state index is 15.0. The van der Waals surface area contributed by atoms with Crippen LogP contribution in [0.5, 0.6) is 5.88 Å². The van der Waals surface area contributed by atoms with Gasteiger partial charge in [-0.3, -0.25) is 14.6 Å². The highest BCUT2D eigenvalue weighted by Crippen LogP contribution is 2.66. The number of ether oxygens (including phenoxy) is 1. The lowest BCUT2D eigenvalue weighted by molar-refractivity contribution is -0.154. The predicted molar refractivity (Wildman–Crippen MR) is 124 cm³/mol. The molecule has 0 bridgehead atoms. The number of rotatable bonds is 9. The number of hydrogen-bond donors (Lipinski definition) is 2. The number of nitrogens with zero attached hydrogens (tertiary/aromatic N) is 3. The minimum atomic E-state index is -4.54. The normalized spacial score (nSPS) is 24.6. The van der Waals surface area contributed by atoms with Crippen LogP contribution in [-0.2, 0) is 16.8 Å². The maximum atomic E-state index is 15.0. The lowest BCUT2D eigenvalue weighted by Crippen LogP contribution is -2.44. The van der Waals surface area contributed by atoms with Crippen LogP contribution >= 0.6 is 11.8 Å². The van der Waals surface area contributed by atoms with Crippen LogP contribution in [0.4, 0.5) is 22.0 Å². The molecule has 2 heterocycles. The van der Waals surface area contributed by atoms with E-state index < -0.39 is 53.2 Å². The minimum absolute atomic E-state index is 0.0932. The van der Waals surface area contributed by atoms with Crippen molar-refractivity contribution in [2.45, 2.75) is 36.2 Å². The van der Waals surface area contributed by atoms with E-state index in [0.29, 0.717) is 12.0 Å². The Bertz CT molecular complexity index is 1240. The molecule has 1 fully saturated rings. The van der Waals surface area contributed by atoms with Gasteiger partial charge < -0.3 is 15.8 Å². The molecule has 14 heteroatoms. The average Bonchev–Trinajstić information content (AvgIpc) is 3.59. The fraction of sp³-hybridized carbons (Fsp3) is 0.435. The number of nitrogens with two attached hydrogens (primary N) is 1. The summed E-state index contributed by atoms with van der Waals surface area (Å²) in [6, 6.07) is 4.06. The number of alkyl halides is 4. The molecule has 37 heavy (non-hydrogen) atoms. The molecular weight excluding hydrogens is 521 g/mol. The topological polar surface area (TPSA) is 120 Å². The number of aromatic nitrogens is 2. The summed E-state index contributed by atoms with van der Waals surface area (Å²) in [5.41, 5.74) is 5.26. The van der Waals surface area contributed by atoms with E-state index in [0.717, 1.165) is 24.2 Å². The summed E-state index contributed by atoms with van der Waals surface area (Å²) in [4.78, 5) is 37.4. The second kappa shape index (κ2) is 9.88. The van der Waals surface area contributed by atoms with Gasteiger partial charge in [-0.1, -0.05) is 17.8 Å². The van der Waals surface area contributed by atoms with E-state index in [4.69, 9.17) is 5.73 Å². The maximum Gasteiger partial charge on any atom is 0.422 e. The highest BCUT2D eigenvalue weighted by molar-refractivity contribution is 8.15. The SMILES string of the molecule is C[C@]1(c2cc(CC(=O)c3cnc(OCC(F)(F)F)cn3)ccc2F)N=C(N)S[C@@]2(C(=O)NCCF)C[C@H]21. The third kappa shape index (κ3) is 5.53. The molecule has 8 nitrogen and oxygen atoms in total. The highest BCUT2D eigenvalue weighted by Gasteiger charge is 2.70. The Labute approximate surface area is 212 Å². The van der Waals surface area contributed by atoms with E-state index in [9.17, 15) is 27.2 Å². The third-order valence-corrected chi connectivity index (χ3v) is 7.52. The van der Waals surface area contributed by atoms with Crippen molar-refractivity contribution in [1.29, 1.82) is 0 Å². The summed E-state index contributed by atoms with van der Waals surface area (Å²) in [6.45, 7) is -0.761. The number of benzene rings is 1. The highest BCUT2D eigenvalue weighted by atomic mass is 32.2. The number of thioether (sulfide) groups is 1. The van der Waals surface area contributed by atoms with Crippen molar-refractivity contribution in [3.05, 3.63) is 53.2 Å². The molecule has 1 amide bonds. The van der Waals surface area contributed by atoms with Crippen LogP contribution < -0.4 is 15.8 Å². The smallest absolute Gasteiger partial charge is 0.422 e. The Morgan fingerprint density at radius 1 is 1.27 bits per heavy atom. The van der Waals surface area contributed by atoms with E-state index in [1.54, 1.807) is 6.92 Å². The van der Waals surface area contributed by atoms with Crippen LogP contribution in [-0.4, -0.2) is 57.6 Å². The molecule has 3 N–H and O–H groups in total. The van der Waals surface area contributed by atoms with Gasteiger partial charge in [0.2, 0.25) is 11.8 Å². The van der Waals surface area contributed by atoms with Crippen LogP contribution in [0.1, 0.15) is 35.0 Å². The Kier molecular flexibility index (Phi) is 7.14. The Balaban J connectivity index is 1.52. The first-order valence-corrected chi connectivity index (χ1v) is 11.9. The van der Waals surface area contributed by atoms with Gasteiger partial charge in [-0.05, 0) is 31.0 Å². The zero-order valence-corrected chi connectivity index (χ0v) is 20.3. The zero-order chi connectivity index (χ0) is 27.0. The van der Waals surface area contributed by atoms with Crippen molar-refractivity contribution >= 4 is 28.6 Å². The molecule has 0 radical (unpaired) electrons. The fourth-order valence-corrected chi connectivity index (χ4v) is 5.81. The monoisotopic (exact) mass is 543 g/mol. The van der Waals surface area contributed by atoms with Gasteiger partial charge in [-0.25, -0.2) is 18.7 Å². The quantitative estimate of drug-likeness (QED) is 0.369. The Hall–Kier alpha value is -3.29. The van der Waals surface area contributed by atoms with Crippen molar-refractivity contribution in [2.75, 3.05) is 19.8 Å². The summed E-state index contributed by atoms with van der Waals surface area (Å²) >= 11 is 1.07. The summed E-state index contributed by atoms with van der Waals surface area (Å²) in [5.74, 6) is -2.30. The second-order valence-electron chi connectivity index (χ2n) is 8.85. The van der Waals surface area contributed by atoms with E-state index in [1.807, 2.05) is 0 Å². The first-order chi connectivity index (χ1) is 17.4. The molecule has 3 atom stereocenters. The van der Waals surface area contributed by atoms with Crippen molar-refractivity contribution in [1.82, 2.24) is 15.3 Å². The first kappa shape index (κ1) is 26.8. The van der Waals surface area contributed by atoms with Gasteiger partial charge in [0.05, 0.1) is 17.9 Å². The lowest BCUT2D eigenvalue weighted by atomic mass is 9.84. The molecule has 2 aliphatic rings. The van der Waals surface area contributed by atoms with E-state index in [2.05, 4.69) is 25.0 Å². The van der Waals surface area contributed by atoms with Crippen molar-refractivity contribution in [2.24, 2.45) is 16.6 Å². The number of ketones is 1. The number of aliphatic imine (C=N–C) groups is 1. The molecule has 2 aromatic rings. The van der Waals surface area contributed by atoms with E-state index in [1.165, 1.54) is 18.2 Å². The average molecular weight is 544 g/mol. The third-order valence-electron chi connectivity index (χ3n) is 6.22. The molecule has 1 aromatic carbocycles. The van der Waals surface area contributed by atoms with Gasteiger partial charge in [0.1, 0.15) is 22.9 Å². The number of carbonyl (C=O) groups excluding carboxylic acids is 2. The summed E-state index contributed by atoms with van der Waals surface area (Å²) in [5, 5.41) is 2.62. The number of fused-ring (bicyclic) bond motifs is 1. The molecule has 0 unspecified atom stereocenters. The second-order valence-corrected chi connectivity index (χ2v) is 10.2. The van der Waals surface area contributed by atoms with E-state index in [-0.39, 0.29) is 35.3 Å². The van der Waals surface area contributed by atoms with Crippen LogP contribution in [0.2, 0.25) is 0 Å². The van der Waals surface area contributed by atoms with Crippen molar-refractivity contribution in [3.8, 4) is 5.88 Å². The molecule has 0 saturated heterocycles. The summed E-state index contributed by atoms with van der Waals surface area (Å²) in [6.07, 6.45) is -2.48. The van der Waals surface area contributed by atoms with Crippen LogP contribution in [0.3, 0.4) is 0 Å². The number of amidine groups is 1.